The van der Waals surface area contributed by atoms with Crippen LogP contribution in [0.25, 0.3) is 5.69 Å². The number of ether oxygens (including phenoxy) is 1. The molecule has 0 spiro atoms. The van der Waals surface area contributed by atoms with Gasteiger partial charge in [-0.2, -0.15) is 4.98 Å². The van der Waals surface area contributed by atoms with Crippen molar-refractivity contribution in [2.75, 3.05) is 18.2 Å². The summed E-state index contributed by atoms with van der Waals surface area (Å²) in [6.07, 6.45) is 0. The summed E-state index contributed by atoms with van der Waals surface area (Å²) in [7, 11) is 1.50. The van der Waals surface area contributed by atoms with Crippen molar-refractivity contribution in [1.29, 1.82) is 0 Å². The fourth-order valence-electron chi connectivity index (χ4n) is 2.44. The first-order valence-corrected chi connectivity index (χ1v) is 9.90. The van der Waals surface area contributed by atoms with E-state index >= 15 is 0 Å². The molecule has 1 amide bonds. The van der Waals surface area contributed by atoms with E-state index in [0.29, 0.717) is 17.1 Å². The average molecular weight is 462 g/mol. The summed E-state index contributed by atoms with van der Waals surface area (Å²) in [4.78, 5) is 28.8. The fourth-order valence-corrected chi connectivity index (χ4v) is 3.52. The van der Waals surface area contributed by atoms with Crippen molar-refractivity contribution >= 4 is 39.3 Å². The lowest BCUT2D eigenvalue weighted by molar-refractivity contribution is -0.113. The number of rotatable bonds is 6. The Labute approximate surface area is 173 Å². The number of amides is 1. The highest BCUT2D eigenvalue weighted by Crippen LogP contribution is 2.26. The van der Waals surface area contributed by atoms with Gasteiger partial charge in [-0.3, -0.25) is 14.2 Å². The minimum Gasteiger partial charge on any atom is -0.495 e. The van der Waals surface area contributed by atoms with E-state index < -0.39 is 11.4 Å². The second-order valence-electron chi connectivity index (χ2n) is 5.59. The zero-order valence-electron chi connectivity index (χ0n) is 14.8. The number of carbonyl (C=O) groups is 1. The normalized spacial score (nSPS) is 10.5. The minimum atomic E-state index is -0.479. The standard InChI is InChI=1S/C19H16BrN3O4S/c1-27-15-5-3-2-4-14(15)23-18(26)10-16(24)22-19(23)28-11-17(25)21-13-8-6-12(20)7-9-13/h2-10,24H,11H2,1H3,(H,21,25). The van der Waals surface area contributed by atoms with Crippen LogP contribution >= 0.6 is 27.7 Å². The molecule has 9 heteroatoms. The Morgan fingerprint density at radius 3 is 2.68 bits per heavy atom. The number of anilines is 1. The van der Waals surface area contributed by atoms with Crippen molar-refractivity contribution in [3.8, 4) is 17.3 Å². The maximum atomic E-state index is 12.5. The summed E-state index contributed by atoms with van der Waals surface area (Å²) < 4.78 is 7.52. The van der Waals surface area contributed by atoms with E-state index in [9.17, 15) is 14.7 Å². The van der Waals surface area contributed by atoms with Crippen LogP contribution in [0.15, 0.2) is 69.0 Å². The van der Waals surface area contributed by atoms with Gasteiger partial charge < -0.3 is 15.2 Å². The van der Waals surface area contributed by atoms with Gasteiger partial charge in [-0.15, -0.1) is 0 Å². The summed E-state index contributed by atoms with van der Waals surface area (Å²) in [5, 5.41) is 12.7. The molecule has 0 aliphatic carbocycles. The van der Waals surface area contributed by atoms with Crippen LogP contribution in [0.2, 0.25) is 0 Å². The van der Waals surface area contributed by atoms with Gasteiger partial charge in [0.15, 0.2) is 5.16 Å². The number of nitrogens with one attached hydrogen (secondary N) is 1. The molecular weight excluding hydrogens is 446 g/mol. The number of carbonyl (C=O) groups excluding carboxylic acids is 1. The smallest absolute Gasteiger partial charge is 0.262 e. The number of aromatic nitrogens is 2. The number of methoxy groups -OCH3 is 1. The molecule has 1 heterocycles. The van der Waals surface area contributed by atoms with Crippen molar-refractivity contribution in [2.45, 2.75) is 5.16 Å². The molecule has 28 heavy (non-hydrogen) atoms. The van der Waals surface area contributed by atoms with Crippen molar-refractivity contribution in [1.82, 2.24) is 9.55 Å². The quantitative estimate of drug-likeness (QED) is 0.431. The SMILES string of the molecule is COc1ccccc1-n1c(SCC(=O)Nc2ccc(Br)cc2)nc(O)cc1=O. The van der Waals surface area contributed by atoms with E-state index in [1.165, 1.54) is 11.7 Å². The summed E-state index contributed by atoms with van der Waals surface area (Å²) in [5.41, 5.74) is 0.644. The van der Waals surface area contributed by atoms with Gasteiger partial charge in [-0.1, -0.05) is 39.8 Å². The monoisotopic (exact) mass is 461 g/mol. The molecule has 0 saturated carbocycles. The van der Waals surface area contributed by atoms with Crippen LogP contribution in [-0.2, 0) is 4.79 Å². The van der Waals surface area contributed by atoms with Crippen molar-refractivity contribution in [3.63, 3.8) is 0 Å². The van der Waals surface area contributed by atoms with Gasteiger partial charge in [0.1, 0.15) is 5.75 Å². The number of hydrogen-bond donors (Lipinski definition) is 2. The number of benzene rings is 2. The van der Waals surface area contributed by atoms with E-state index in [-0.39, 0.29) is 16.8 Å². The van der Waals surface area contributed by atoms with Crippen molar-refractivity contribution in [2.24, 2.45) is 0 Å². The van der Waals surface area contributed by atoms with Gasteiger partial charge in [0, 0.05) is 10.2 Å². The third-order valence-corrected chi connectivity index (χ3v) is 5.13. The Morgan fingerprint density at radius 1 is 1.25 bits per heavy atom. The van der Waals surface area contributed by atoms with Gasteiger partial charge in [0.2, 0.25) is 11.8 Å². The zero-order chi connectivity index (χ0) is 20.1. The van der Waals surface area contributed by atoms with Crippen LogP contribution in [0.4, 0.5) is 5.69 Å². The lowest BCUT2D eigenvalue weighted by atomic mass is 10.3. The Kier molecular flexibility index (Phi) is 6.37. The molecule has 2 N–H and O–H groups in total. The third-order valence-electron chi connectivity index (χ3n) is 3.66. The minimum absolute atomic E-state index is 0.00110. The molecular formula is C19H16BrN3O4S. The number of thioether (sulfide) groups is 1. The van der Waals surface area contributed by atoms with E-state index in [2.05, 4.69) is 26.2 Å². The summed E-state index contributed by atoms with van der Waals surface area (Å²) in [5.74, 6) is -0.206. The van der Waals surface area contributed by atoms with Crippen LogP contribution in [0.5, 0.6) is 11.6 Å². The summed E-state index contributed by atoms with van der Waals surface area (Å²) >= 11 is 4.37. The number of halogens is 1. The Bertz CT molecular complexity index is 1050. The van der Waals surface area contributed by atoms with Crippen LogP contribution in [-0.4, -0.2) is 33.4 Å². The fraction of sp³-hybridized carbons (Fsp3) is 0.105. The molecule has 1 aromatic heterocycles. The molecule has 0 saturated heterocycles. The zero-order valence-corrected chi connectivity index (χ0v) is 17.2. The second kappa shape index (κ2) is 8.94. The second-order valence-corrected chi connectivity index (χ2v) is 7.44. The number of hydrogen-bond acceptors (Lipinski definition) is 6. The molecule has 0 bridgehead atoms. The summed E-state index contributed by atoms with van der Waals surface area (Å²) in [6.45, 7) is 0. The average Bonchev–Trinajstić information content (AvgIpc) is 2.68. The van der Waals surface area contributed by atoms with E-state index in [4.69, 9.17) is 4.74 Å². The van der Waals surface area contributed by atoms with Crippen molar-refractivity contribution in [3.05, 3.63) is 69.4 Å². The number of nitrogens with zero attached hydrogens (tertiary/aromatic N) is 2. The molecule has 0 aliphatic heterocycles. The van der Waals surface area contributed by atoms with Gasteiger partial charge in [0.05, 0.1) is 24.6 Å². The van der Waals surface area contributed by atoms with E-state index in [1.807, 2.05) is 12.1 Å². The van der Waals surface area contributed by atoms with Crippen LogP contribution in [0.1, 0.15) is 0 Å². The molecule has 0 radical (unpaired) electrons. The highest BCUT2D eigenvalue weighted by Gasteiger charge is 2.16. The maximum absolute atomic E-state index is 12.5. The molecule has 7 nitrogen and oxygen atoms in total. The third kappa shape index (κ3) is 4.73. The highest BCUT2D eigenvalue weighted by molar-refractivity contribution is 9.10. The van der Waals surface area contributed by atoms with Gasteiger partial charge in [-0.05, 0) is 36.4 Å². The largest absolute Gasteiger partial charge is 0.495 e. The molecule has 0 aliphatic rings. The van der Waals surface area contributed by atoms with Gasteiger partial charge >= 0.3 is 0 Å². The molecule has 0 atom stereocenters. The van der Waals surface area contributed by atoms with Crippen LogP contribution < -0.4 is 15.6 Å². The number of aromatic hydroxyl groups is 1. The maximum Gasteiger partial charge on any atom is 0.262 e. The highest BCUT2D eigenvalue weighted by atomic mass is 79.9. The van der Waals surface area contributed by atoms with Crippen LogP contribution in [0, 0.1) is 0 Å². The Morgan fingerprint density at radius 2 is 1.96 bits per heavy atom. The first-order valence-electron chi connectivity index (χ1n) is 8.12. The lowest BCUT2D eigenvalue weighted by Gasteiger charge is -2.14. The lowest BCUT2D eigenvalue weighted by Crippen LogP contribution is -2.22. The first kappa shape index (κ1) is 20.0. The molecule has 3 rings (SSSR count). The van der Waals surface area contributed by atoms with Gasteiger partial charge in [0.25, 0.3) is 5.56 Å². The first-order chi connectivity index (χ1) is 13.5. The molecule has 144 valence electrons. The molecule has 3 aromatic rings. The van der Waals surface area contributed by atoms with E-state index in [0.717, 1.165) is 22.3 Å². The van der Waals surface area contributed by atoms with E-state index in [1.54, 1.807) is 36.4 Å². The molecule has 2 aromatic carbocycles. The predicted octanol–water partition coefficient (Wildman–Crippen LogP) is 3.44. The topological polar surface area (TPSA) is 93.4 Å². The van der Waals surface area contributed by atoms with Crippen molar-refractivity contribution < 1.29 is 14.6 Å². The Hall–Kier alpha value is -2.78. The predicted molar refractivity (Wildman–Crippen MR) is 112 cm³/mol. The molecule has 0 unspecified atom stereocenters. The number of para-hydroxylation sites is 2. The van der Waals surface area contributed by atoms with Gasteiger partial charge in [-0.25, -0.2) is 0 Å². The molecule has 0 fully saturated rings. The van der Waals surface area contributed by atoms with Crippen LogP contribution in [0.3, 0.4) is 0 Å². The Balaban J connectivity index is 1.84. The summed E-state index contributed by atoms with van der Waals surface area (Å²) in [6, 6.07) is 15.1.